The first kappa shape index (κ1) is 7.41. The fourth-order valence-electron chi connectivity index (χ4n) is 0.795. The summed E-state index contributed by atoms with van der Waals surface area (Å²) in [6, 6.07) is 1.28. The fraction of sp³-hybridized carbons (Fsp3) is 0.286. The van der Waals surface area contributed by atoms with Crippen molar-refractivity contribution in [2.75, 3.05) is 0 Å². The summed E-state index contributed by atoms with van der Waals surface area (Å²) in [5.74, 6) is -0.0716. The highest BCUT2D eigenvalue weighted by atomic mass is 32.1. The molecule has 10 heavy (non-hydrogen) atoms. The average Bonchev–Trinajstić information content (AvgIpc) is 2.10. The molecule has 1 nitrogen and oxygen atoms in total. The molecule has 0 unspecified atom stereocenters. The molecule has 0 aliphatic heterocycles. The monoisotopic (exact) mass is 158 g/mol. The van der Waals surface area contributed by atoms with Gasteiger partial charge in [0.1, 0.15) is 0 Å². The minimum absolute atomic E-state index is 0.0716. The maximum Gasteiger partial charge on any atom is 0.177 e. The van der Waals surface area contributed by atoms with Gasteiger partial charge in [-0.05, 0) is 19.9 Å². The molecule has 1 rings (SSSR count). The van der Waals surface area contributed by atoms with Gasteiger partial charge in [-0.1, -0.05) is 0 Å². The first-order chi connectivity index (χ1) is 4.61. The molecule has 54 valence electrons. The lowest BCUT2D eigenvalue weighted by molar-refractivity contribution is 0.101. The summed E-state index contributed by atoms with van der Waals surface area (Å²) in [5, 5.41) is -0.289. The van der Waals surface area contributed by atoms with Crippen LogP contribution in [0.4, 0.5) is 4.39 Å². The van der Waals surface area contributed by atoms with E-state index in [1.165, 1.54) is 13.0 Å². The normalized spacial score (nSPS) is 9.90. The Labute approximate surface area is 62.5 Å². The highest BCUT2D eigenvalue weighted by Crippen LogP contribution is 2.19. The smallest absolute Gasteiger partial charge is 0.177 e. The fourth-order valence-corrected chi connectivity index (χ4v) is 1.58. The van der Waals surface area contributed by atoms with E-state index in [1.807, 2.05) is 0 Å². The van der Waals surface area contributed by atoms with Crippen LogP contribution in [0.2, 0.25) is 0 Å². The van der Waals surface area contributed by atoms with E-state index in [4.69, 9.17) is 0 Å². The van der Waals surface area contributed by atoms with Crippen molar-refractivity contribution in [2.24, 2.45) is 0 Å². The number of carbonyl (C=O) groups is 1. The van der Waals surface area contributed by atoms with Crippen LogP contribution in [0.1, 0.15) is 22.2 Å². The summed E-state index contributed by atoms with van der Waals surface area (Å²) in [6.07, 6.45) is 0. The molecule has 0 amide bonds. The lowest BCUT2D eigenvalue weighted by atomic mass is 10.2. The lowest BCUT2D eigenvalue weighted by Gasteiger charge is -1.87. The number of hydrogen-bond donors (Lipinski definition) is 0. The molecule has 1 heterocycles. The Morgan fingerprint density at radius 3 is 2.50 bits per heavy atom. The van der Waals surface area contributed by atoms with Crippen molar-refractivity contribution in [3.05, 3.63) is 21.6 Å². The van der Waals surface area contributed by atoms with Crippen LogP contribution in [0.5, 0.6) is 0 Å². The van der Waals surface area contributed by atoms with Crippen LogP contribution in [-0.4, -0.2) is 5.78 Å². The predicted octanol–water partition coefficient (Wildman–Crippen LogP) is 2.40. The summed E-state index contributed by atoms with van der Waals surface area (Å²) in [7, 11) is 0. The molecule has 0 atom stereocenters. The zero-order valence-electron chi connectivity index (χ0n) is 5.77. The maximum absolute atomic E-state index is 12.4. The maximum atomic E-state index is 12.4. The number of thiophene rings is 1. The van der Waals surface area contributed by atoms with E-state index >= 15 is 0 Å². The zero-order chi connectivity index (χ0) is 7.72. The Morgan fingerprint density at radius 1 is 1.70 bits per heavy atom. The van der Waals surface area contributed by atoms with Gasteiger partial charge in [0, 0.05) is 10.4 Å². The van der Waals surface area contributed by atoms with Gasteiger partial charge in [-0.15, -0.1) is 11.3 Å². The largest absolute Gasteiger partial charge is 0.294 e. The third-order valence-corrected chi connectivity index (χ3v) is 2.11. The van der Waals surface area contributed by atoms with Crippen LogP contribution in [0.25, 0.3) is 0 Å². The van der Waals surface area contributed by atoms with Gasteiger partial charge in [-0.25, -0.2) is 0 Å². The SMILES string of the molecule is CC(=O)c1cc(F)sc1C. The van der Waals surface area contributed by atoms with Crippen molar-refractivity contribution in [1.82, 2.24) is 0 Å². The molecule has 1 aromatic heterocycles. The summed E-state index contributed by atoms with van der Waals surface area (Å²) in [6.45, 7) is 3.18. The second-order valence-corrected chi connectivity index (χ2v) is 3.28. The summed E-state index contributed by atoms with van der Waals surface area (Å²) < 4.78 is 12.4. The molecule has 1 aromatic rings. The van der Waals surface area contributed by atoms with E-state index in [2.05, 4.69) is 0 Å². The van der Waals surface area contributed by atoms with E-state index in [1.54, 1.807) is 6.92 Å². The zero-order valence-corrected chi connectivity index (χ0v) is 6.59. The van der Waals surface area contributed by atoms with Crippen LogP contribution in [0.15, 0.2) is 6.07 Å². The van der Waals surface area contributed by atoms with Gasteiger partial charge in [0.15, 0.2) is 10.9 Å². The molecule has 0 saturated heterocycles. The molecule has 0 fully saturated rings. The first-order valence-corrected chi connectivity index (χ1v) is 3.70. The number of aryl methyl sites for hydroxylation is 1. The van der Waals surface area contributed by atoms with E-state index in [9.17, 15) is 9.18 Å². The molecule has 3 heteroatoms. The second-order valence-electron chi connectivity index (χ2n) is 2.08. The summed E-state index contributed by atoms with van der Waals surface area (Å²) in [5.41, 5.74) is 0.502. The molecule has 0 radical (unpaired) electrons. The number of hydrogen-bond acceptors (Lipinski definition) is 2. The van der Waals surface area contributed by atoms with Crippen LogP contribution in [0, 0.1) is 12.1 Å². The van der Waals surface area contributed by atoms with Crippen LogP contribution in [0.3, 0.4) is 0 Å². The topological polar surface area (TPSA) is 17.1 Å². The van der Waals surface area contributed by atoms with Crippen molar-refractivity contribution in [1.29, 1.82) is 0 Å². The summed E-state index contributed by atoms with van der Waals surface area (Å²) in [4.78, 5) is 11.5. The Morgan fingerprint density at radius 2 is 2.30 bits per heavy atom. The van der Waals surface area contributed by atoms with Crippen LogP contribution >= 0.6 is 11.3 Å². The number of halogens is 1. The van der Waals surface area contributed by atoms with E-state index in [0.29, 0.717) is 5.56 Å². The molecular formula is C7H7FOS. The van der Waals surface area contributed by atoms with Crippen LogP contribution < -0.4 is 0 Å². The van der Waals surface area contributed by atoms with Crippen molar-refractivity contribution < 1.29 is 9.18 Å². The Balaban J connectivity index is 3.15. The van der Waals surface area contributed by atoms with Gasteiger partial charge in [0.05, 0.1) is 0 Å². The Kier molecular flexibility index (Phi) is 1.85. The van der Waals surface area contributed by atoms with Crippen LogP contribution in [-0.2, 0) is 0 Å². The molecule has 0 bridgehead atoms. The minimum atomic E-state index is -0.289. The van der Waals surface area contributed by atoms with Crippen molar-refractivity contribution in [3.8, 4) is 0 Å². The Hall–Kier alpha value is -0.700. The molecule has 0 aliphatic rings. The first-order valence-electron chi connectivity index (χ1n) is 2.88. The van der Waals surface area contributed by atoms with Crippen molar-refractivity contribution >= 4 is 17.1 Å². The van der Waals surface area contributed by atoms with Crippen molar-refractivity contribution in [3.63, 3.8) is 0 Å². The molecule has 0 aliphatic carbocycles. The van der Waals surface area contributed by atoms with Gasteiger partial charge in [0.25, 0.3) is 0 Å². The second kappa shape index (κ2) is 2.50. The standard InChI is InChI=1S/C7H7FOS/c1-4(9)6-3-7(8)10-5(6)2/h3H,1-2H3. The minimum Gasteiger partial charge on any atom is -0.294 e. The summed E-state index contributed by atoms with van der Waals surface area (Å²) >= 11 is 1.01. The van der Waals surface area contributed by atoms with Gasteiger partial charge < -0.3 is 0 Å². The number of ketones is 1. The highest BCUT2D eigenvalue weighted by molar-refractivity contribution is 7.10. The van der Waals surface area contributed by atoms with Gasteiger partial charge in [-0.2, -0.15) is 4.39 Å². The highest BCUT2D eigenvalue weighted by Gasteiger charge is 2.07. The third kappa shape index (κ3) is 1.24. The number of Topliss-reactive ketones (excluding diaryl/α,β-unsaturated/α-hetero) is 1. The van der Waals surface area contributed by atoms with E-state index < -0.39 is 0 Å². The van der Waals surface area contributed by atoms with Crippen molar-refractivity contribution in [2.45, 2.75) is 13.8 Å². The quantitative estimate of drug-likeness (QED) is 0.573. The molecule has 0 spiro atoms. The molecule has 0 N–H and O–H groups in total. The molecule has 0 saturated carbocycles. The number of carbonyl (C=O) groups excluding carboxylic acids is 1. The van der Waals surface area contributed by atoms with Gasteiger partial charge in [-0.3, -0.25) is 4.79 Å². The van der Waals surface area contributed by atoms with Gasteiger partial charge >= 0.3 is 0 Å². The Bertz CT molecular complexity index is 265. The molecular weight excluding hydrogens is 151 g/mol. The van der Waals surface area contributed by atoms with Gasteiger partial charge in [0.2, 0.25) is 0 Å². The number of rotatable bonds is 1. The van der Waals surface area contributed by atoms with E-state index in [-0.39, 0.29) is 10.9 Å². The average molecular weight is 158 g/mol. The lowest BCUT2D eigenvalue weighted by Crippen LogP contribution is -1.89. The van der Waals surface area contributed by atoms with E-state index in [0.717, 1.165) is 16.2 Å². The molecule has 0 aromatic carbocycles. The predicted molar refractivity (Wildman–Crippen MR) is 39.0 cm³/mol. The third-order valence-electron chi connectivity index (χ3n) is 1.27.